The molecule has 6 heteroatoms. The van der Waals surface area contributed by atoms with Crippen LogP contribution in [0.2, 0.25) is 0 Å². The molecular formula is C51H97NO5. The number of amides is 1. The minimum atomic E-state index is -0.789. The van der Waals surface area contributed by atoms with Gasteiger partial charge in [-0.05, 0) is 70.6 Å². The number of unbranched alkanes of at least 4 members (excludes halogenated alkanes) is 29. The van der Waals surface area contributed by atoms with E-state index in [1.807, 2.05) is 0 Å². The number of carbonyl (C=O) groups excluding carboxylic acids is 2. The van der Waals surface area contributed by atoms with Gasteiger partial charge in [0.2, 0.25) is 5.91 Å². The third kappa shape index (κ3) is 40.9. The Labute approximate surface area is 354 Å². The van der Waals surface area contributed by atoms with Gasteiger partial charge in [0.25, 0.3) is 0 Å². The van der Waals surface area contributed by atoms with Crippen LogP contribution < -0.4 is 5.32 Å². The van der Waals surface area contributed by atoms with Crippen molar-refractivity contribution in [1.29, 1.82) is 0 Å². The van der Waals surface area contributed by atoms with Crippen molar-refractivity contribution in [2.75, 3.05) is 6.61 Å². The lowest BCUT2D eigenvalue weighted by Gasteiger charge is -2.24. The molecule has 0 aromatic carbocycles. The first kappa shape index (κ1) is 55.3. The zero-order valence-electron chi connectivity index (χ0n) is 38.2. The predicted octanol–water partition coefficient (Wildman–Crippen LogP) is 14.7. The maximum absolute atomic E-state index is 13.1. The summed E-state index contributed by atoms with van der Waals surface area (Å²) < 4.78 is 5.90. The van der Waals surface area contributed by atoms with Gasteiger partial charge in [0.05, 0.1) is 25.2 Å². The Hall–Kier alpha value is -1.66. The van der Waals surface area contributed by atoms with E-state index in [4.69, 9.17) is 4.74 Å². The SMILES string of the molecule is CCCCCCCC/C=C/CCCCCCCCCC(=O)OC(CCC/C=C\CCCCCCCCC)CC(=O)NC(CO)C(O)CCCCCCCCCCC. The second-order valence-corrected chi connectivity index (χ2v) is 17.2. The topological polar surface area (TPSA) is 95.9 Å². The van der Waals surface area contributed by atoms with E-state index in [2.05, 4.69) is 50.4 Å². The van der Waals surface area contributed by atoms with Gasteiger partial charge in [0.1, 0.15) is 6.10 Å². The van der Waals surface area contributed by atoms with Gasteiger partial charge in [-0.25, -0.2) is 0 Å². The van der Waals surface area contributed by atoms with E-state index in [0.29, 0.717) is 19.3 Å². The van der Waals surface area contributed by atoms with Gasteiger partial charge in [-0.2, -0.15) is 0 Å². The smallest absolute Gasteiger partial charge is 0.306 e. The fourth-order valence-electron chi connectivity index (χ4n) is 7.66. The Balaban J connectivity index is 4.54. The van der Waals surface area contributed by atoms with E-state index in [1.54, 1.807) is 0 Å². The molecule has 0 aliphatic carbocycles. The van der Waals surface area contributed by atoms with Crippen LogP contribution >= 0.6 is 0 Å². The summed E-state index contributed by atoms with van der Waals surface area (Å²) in [6.45, 7) is 6.45. The highest BCUT2D eigenvalue weighted by Gasteiger charge is 2.24. The number of allylic oxidation sites excluding steroid dienone is 4. The van der Waals surface area contributed by atoms with Gasteiger partial charge in [-0.3, -0.25) is 9.59 Å². The van der Waals surface area contributed by atoms with Crippen LogP contribution in [-0.2, 0) is 14.3 Å². The van der Waals surface area contributed by atoms with Crippen LogP contribution in [0.4, 0.5) is 0 Å². The maximum Gasteiger partial charge on any atom is 0.306 e. The number of hydrogen-bond acceptors (Lipinski definition) is 5. The summed E-state index contributed by atoms with van der Waals surface area (Å²) >= 11 is 0. The van der Waals surface area contributed by atoms with E-state index >= 15 is 0 Å². The molecule has 0 saturated heterocycles. The average Bonchev–Trinajstić information content (AvgIpc) is 3.20. The van der Waals surface area contributed by atoms with E-state index in [1.165, 1.54) is 161 Å². The quantitative estimate of drug-likeness (QED) is 0.0324. The monoisotopic (exact) mass is 804 g/mol. The van der Waals surface area contributed by atoms with Gasteiger partial charge in [0.15, 0.2) is 0 Å². The lowest BCUT2D eigenvalue weighted by Crippen LogP contribution is -2.46. The van der Waals surface area contributed by atoms with Crippen LogP contribution in [-0.4, -0.2) is 46.9 Å². The molecule has 0 bridgehead atoms. The Bertz CT molecular complexity index is 904. The molecule has 0 aliphatic heterocycles. The zero-order chi connectivity index (χ0) is 41.7. The molecule has 0 heterocycles. The molecule has 0 fully saturated rings. The Kier molecular flexibility index (Phi) is 44.1. The van der Waals surface area contributed by atoms with Crippen molar-refractivity contribution >= 4 is 11.9 Å². The van der Waals surface area contributed by atoms with Gasteiger partial charge >= 0.3 is 5.97 Å². The minimum Gasteiger partial charge on any atom is -0.462 e. The van der Waals surface area contributed by atoms with Crippen LogP contribution in [0.25, 0.3) is 0 Å². The molecule has 0 rings (SSSR count). The van der Waals surface area contributed by atoms with Gasteiger partial charge in [-0.1, -0.05) is 206 Å². The highest BCUT2D eigenvalue weighted by molar-refractivity contribution is 5.77. The third-order valence-corrected chi connectivity index (χ3v) is 11.5. The maximum atomic E-state index is 13.1. The highest BCUT2D eigenvalue weighted by Crippen LogP contribution is 2.17. The number of carbonyl (C=O) groups is 2. The molecule has 0 radical (unpaired) electrons. The van der Waals surface area contributed by atoms with E-state index in [9.17, 15) is 19.8 Å². The minimum absolute atomic E-state index is 0.0585. The first-order chi connectivity index (χ1) is 28.0. The van der Waals surface area contributed by atoms with Crippen LogP contribution in [0.15, 0.2) is 24.3 Å². The Morgan fingerprint density at radius 2 is 0.860 bits per heavy atom. The second-order valence-electron chi connectivity index (χ2n) is 17.2. The molecule has 0 aromatic heterocycles. The van der Waals surface area contributed by atoms with E-state index in [-0.39, 0.29) is 24.9 Å². The van der Waals surface area contributed by atoms with Crippen LogP contribution in [0.5, 0.6) is 0 Å². The lowest BCUT2D eigenvalue weighted by molar-refractivity contribution is -0.151. The van der Waals surface area contributed by atoms with Gasteiger partial charge in [0, 0.05) is 6.42 Å². The number of aliphatic hydroxyl groups is 2. The number of esters is 1. The third-order valence-electron chi connectivity index (χ3n) is 11.5. The van der Waals surface area contributed by atoms with Gasteiger partial charge < -0.3 is 20.3 Å². The number of rotatable bonds is 45. The van der Waals surface area contributed by atoms with Crippen molar-refractivity contribution in [3.05, 3.63) is 24.3 Å². The van der Waals surface area contributed by atoms with Crippen molar-refractivity contribution in [3.8, 4) is 0 Å². The molecule has 3 atom stereocenters. The Morgan fingerprint density at radius 3 is 1.28 bits per heavy atom. The van der Waals surface area contributed by atoms with Crippen molar-refractivity contribution in [3.63, 3.8) is 0 Å². The van der Waals surface area contributed by atoms with Crippen LogP contribution in [0.3, 0.4) is 0 Å². The van der Waals surface area contributed by atoms with Crippen LogP contribution in [0.1, 0.15) is 265 Å². The molecule has 1 amide bonds. The summed E-state index contributed by atoms with van der Waals surface area (Å²) in [5.74, 6) is -0.500. The molecule has 0 saturated carbocycles. The summed E-state index contributed by atoms with van der Waals surface area (Å²) in [4.78, 5) is 26.0. The molecule has 0 spiro atoms. The lowest BCUT2D eigenvalue weighted by atomic mass is 10.0. The predicted molar refractivity (Wildman–Crippen MR) is 246 cm³/mol. The average molecular weight is 804 g/mol. The molecule has 336 valence electrons. The van der Waals surface area contributed by atoms with Gasteiger partial charge in [-0.15, -0.1) is 0 Å². The molecule has 3 N–H and O–H groups in total. The number of nitrogens with one attached hydrogen (secondary N) is 1. The standard InChI is InChI=1S/C51H97NO5/c1-4-7-10-13-16-19-21-23-24-25-26-27-29-32-35-38-41-44-51(56)57-47(42-39-36-33-31-28-22-20-17-14-11-8-5-2)45-50(55)52-48(46-53)49(54)43-40-37-34-30-18-15-12-9-6-3/h23-24,31,33,47-49,53-54H,4-22,25-30,32,34-46H2,1-3H3,(H,52,55)/b24-23+,33-31-. The molecular weight excluding hydrogens is 707 g/mol. The zero-order valence-corrected chi connectivity index (χ0v) is 38.2. The number of hydrogen-bond donors (Lipinski definition) is 3. The van der Waals surface area contributed by atoms with Crippen LogP contribution in [0, 0.1) is 0 Å². The first-order valence-electron chi connectivity index (χ1n) is 25.1. The number of ether oxygens (including phenoxy) is 1. The number of aliphatic hydroxyl groups excluding tert-OH is 2. The van der Waals surface area contributed by atoms with E-state index in [0.717, 1.165) is 57.8 Å². The first-order valence-corrected chi connectivity index (χ1v) is 25.1. The molecule has 0 aliphatic rings. The second kappa shape index (κ2) is 45.4. The Morgan fingerprint density at radius 1 is 0.491 bits per heavy atom. The summed E-state index contributed by atoms with van der Waals surface area (Å²) in [7, 11) is 0. The van der Waals surface area contributed by atoms with E-state index < -0.39 is 18.2 Å². The highest BCUT2D eigenvalue weighted by atomic mass is 16.5. The summed E-state index contributed by atoms with van der Waals surface area (Å²) in [6.07, 6.45) is 51.0. The van der Waals surface area contributed by atoms with Crippen molar-refractivity contribution in [1.82, 2.24) is 5.32 Å². The largest absolute Gasteiger partial charge is 0.462 e. The van der Waals surface area contributed by atoms with Crippen molar-refractivity contribution in [2.24, 2.45) is 0 Å². The molecule has 3 unspecified atom stereocenters. The fraction of sp³-hybridized carbons (Fsp3) is 0.882. The summed E-state index contributed by atoms with van der Waals surface area (Å²) in [5.41, 5.74) is 0. The van der Waals surface area contributed by atoms with Crippen molar-refractivity contribution in [2.45, 2.75) is 283 Å². The molecule has 57 heavy (non-hydrogen) atoms. The van der Waals surface area contributed by atoms with Crippen molar-refractivity contribution < 1.29 is 24.5 Å². The summed E-state index contributed by atoms with van der Waals surface area (Å²) in [5, 5.41) is 23.6. The molecule has 6 nitrogen and oxygen atoms in total. The summed E-state index contributed by atoms with van der Waals surface area (Å²) in [6, 6.07) is -0.705. The normalized spacial score (nSPS) is 13.4. The molecule has 0 aromatic rings. The fourth-order valence-corrected chi connectivity index (χ4v) is 7.66.